The van der Waals surface area contributed by atoms with Crippen molar-refractivity contribution in [3.8, 4) is 0 Å². The molecule has 4 nitrogen and oxygen atoms in total. The smallest absolute Gasteiger partial charge is 0.254 e. The third kappa shape index (κ3) is 2.65. The third-order valence-electron chi connectivity index (χ3n) is 3.83. The summed E-state index contributed by atoms with van der Waals surface area (Å²) in [6, 6.07) is 9.24. The van der Waals surface area contributed by atoms with Crippen molar-refractivity contribution in [2.45, 2.75) is 38.8 Å². The lowest BCUT2D eigenvalue weighted by atomic mass is 9.85. The van der Waals surface area contributed by atoms with Crippen molar-refractivity contribution in [2.75, 3.05) is 0 Å². The van der Waals surface area contributed by atoms with Gasteiger partial charge >= 0.3 is 0 Å². The summed E-state index contributed by atoms with van der Waals surface area (Å²) in [6.45, 7) is 6.94. The zero-order chi connectivity index (χ0) is 15.0. The number of nitrogens with zero attached hydrogens (tertiary/aromatic N) is 1. The summed E-state index contributed by atoms with van der Waals surface area (Å²) in [5, 5.41) is 13.9. The summed E-state index contributed by atoms with van der Waals surface area (Å²) >= 11 is 0. The Kier molecular flexibility index (Phi) is 3.52. The van der Waals surface area contributed by atoms with Crippen LogP contribution in [-0.4, -0.2) is 27.1 Å². The van der Waals surface area contributed by atoms with Gasteiger partial charge in [-0.05, 0) is 39.8 Å². The quantitative estimate of drug-likeness (QED) is 0.902. The van der Waals surface area contributed by atoms with E-state index in [-0.39, 0.29) is 5.91 Å². The van der Waals surface area contributed by atoms with Gasteiger partial charge in [-0.15, -0.1) is 0 Å². The molecule has 106 valence electrons. The standard InChI is InChI=1S/C16H20N2O2/c1-15(2,16(3,4)20)18-14(19)12-9-5-7-11-8-6-10-17-13(11)12/h5-10,20H,1-4H3,(H,18,19). The summed E-state index contributed by atoms with van der Waals surface area (Å²) in [7, 11) is 0. The molecule has 0 bridgehead atoms. The second kappa shape index (κ2) is 4.87. The van der Waals surface area contributed by atoms with Crippen LogP contribution in [-0.2, 0) is 0 Å². The first-order valence-electron chi connectivity index (χ1n) is 6.61. The van der Waals surface area contributed by atoms with Crippen molar-refractivity contribution in [1.29, 1.82) is 0 Å². The Bertz CT molecular complexity index is 637. The maximum Gasteiger partial charge on any atom is 0.254 e. The van der Waals surface area contributed by atoms with Gasteiger partial charge in [0.25, 0.3) is 5.91 Å². The number of nitrogens with one attached hydrogen (secondary N) is 1. The Balaban J connectivity index is 2.38. The van der Waals surface area contributed by atoms with Crippen molar-refractivity contribution in [3.05, 3.63) is 42.1 Å². The highest BCUT2D eigenvalue weighted by atomic mass is 16.3. The van der Waals surface area contributed by atoms with E-state index >= 15 is 0 Å². The van der Waals surface area contributed by atoms with E-state index in [1.165, 1.54) is 0 Å². The molecule has 1 aromatic carbocycles. The summed E-state index contributed by atoms with van der Waals surface area (Å²) in [5.41, 5.74) is -0.596. The van der Waals surface area contributed by atoms with Crippen LogP contribution in [0.15, 0.2) is 36.5 Å². The molecule has 0 aliphatic rings. The van der Waals surface area contributed by atoms with E-state index in [0.717, 1.165) is 5.39 Å². The minimum Gasteiger partial charge on any atom is -0.388 e. The molecule has 0 saturated carbocycles. The van der Waals surface area contributed by atoms with E-state index in [4.69, 9.17) is 0 Å². The number of carbonyl (C=O) groups is 1. The molecule has 0 unspecified atom stereocenters. The molecular weight excluding hydrogens is 252 g/mol. The van der Waals surface area contributed by atoms with E-state index in [1.807, 2.05) is 24.3 Å². The number of fused-ring (bicyclic) bond motifs is 1. The van der Waals surface area contributed by atoms with Crippen LogP contribution in [0.1, 0.15) is 38.1 Å². The Labute approximate surface area is 118 Å². The van der Waals surface area contributed by atoms with E-state index in [1.54, 1.807) is 40.0 Å². The second-order valence-electron chi connectivity index (χ2n) is 6.02. The van der Waals surface area contributed by atoms with Crippen molar-refractivity contribution in [1.82, 2.24) is 10.3 Å². The fraction of sp³-hybridized carbons (Fsp3) is 0.375. The van der Waals surface area contributed by atoms with Gasteiger partial charge in [0, 0.05) is 11.6 Å². The minimum absolute atomic E-state index is 0.235. The number of rotatable bonds is 3. The highest BCUT2D eigenvalue weighted by molar-refractivity contribution is 6.05. The van der Waals surface area contributed by atoms with Gasteiger partial charge in [-0.1, -0.05) is 18.2 Å². The maximum absolute atomic E-state index is 12.5. The molecule has 0 saturated heterocycles. The molecule has 1 aromatic heterocycles. The first kappa shape index (κ1) is 14.5. The van der Waals surface area contributed by atoms with E-state index < -0.39 is 11.1 Å². The molecule has 0 aliphatic carbocycles. The Morgan fingerprint density at radius 2 is 1.80 bits per heavy atom. The second-order valence-corrected chi connectivity index (χ2v) is 6.02. The van der Waals surface area contributed by atoms with Gasteiger partial charge in [-0.25, -0.2) is 0 Å². The zero-order valence-electron chi connectivity index (χ0n) is 12.3. The molecule has 1 heterocycles. The van der Waals surface area contributed by atoms with Crippen LogP contribution in [0.4, 0.5) is 0 Å². The van der Waals surface area contributed by atoms with Gasteiger partial charge in [-0.3, -0.25) is 9.78 Å². The van der Waals surface area contributed by atoms with Crippen LogP contribution in [0.3, 0.4) is 0 Å². The minimum atomic E-state index is -1.03. The fourth-order valence-corrected chi connectivity index (χ4v) is 1.79. The number of benzene rings is 1. The topological polar surface area (TPSA) is 62.2 Å². The van der Waals surface area contributed by atoms with Gasteiger partial charge in [0.15, 0.2) is 0 Å². The van der Waals surface area contributed by atoms with Gasteiger partial charge < -0.3 is 10.4 Å². The molecule has 20 heavy (non-hydrogen) atoms. The summed E-state index contributed by atoms with van der Waals surface area (Å²) in [6.07, 6.45) is 1.67. The molecule has 2 aromatic rings. The van der Waals surface area contributed by atoms with Gasteiger partial charge in [0.05, 0.1) is 22.2 Å². The van der Waals surface area contributed by atoms with E-state index in [2.05, 4.69) is 10.3 Å². The van der Waals surface area contributed by atoms with Crippen LogP contribution in [0, 0.1) is 0 Å². The third-order valence-corrected chi connectivity index (χ3v) is 3.83. The normalized spacial score (nSPS) is 12.4. The van der Waals surface area contributed by atoms with E-state index in [9.17, 15) is 9.90 Å². The first-order chi connectivity index (χ1) is 9.22. The predicted molar refractivity (Wildman–Crippen MR) is 79.6 cm³/mol. The number of pyridine rings is 1. The molecule has 1 amide bonds. The SMILES string of the molecule is CC(C)(O)C(C)(C)NC(=O)c1cccc2cccnc12. The number of aliphatic hydroxyl groups is 1. The molecule has 4 heteroatoms. The number of amides is 1. The molecule has 0 atom stereocenters. The number of carbonyl (C=O) groups excluding carboxylic acids is 1. The molecule has 0 fully saturated rings. The number of aromatic nitrogens is 1. The van der Waals surface area contributed by atoms with Gasteiger partial charge in [-0.2, -0.15) is 0 Å². The Hall–Kier alpha value is -1.94. The zero-order valence-corrected chi connectivity index (χ0v) is 12.3. The van der Waals surface area contributed by atoms with Crippen LogP contribution in [0.25, 0.3) is 10.9 Å². The Morgan fingerprint density at radius 3 is 2.45 bits per heavy atom. The maximum atomic E-state index is 12.5. The van der Waals surface area contributed by atoms with Crippen LogP contribution < -0.4 is 5.32 Å². The molecule has 0 radical (unpaired) electrons. The van der Waals surface area contributed by atoms with Crippen molar-refractivity contribution in [2.24, 2.45) is 0 Å². The molecular formula is C16H20N2O2. The highest BCUT2D eigenvalue weighted by Gasteiger charge is 2.36. The van der Waals surface area contributed by atoms with Crippen molar-refractivity contribution < 1.29 is 9.90 Å². The van der Waals surface area contributed by atoms with E-state index in [0.29, 0.717) is 11.1 Å². The first-order valence-corrected chi connectivity index (χ1v) is 6.61. The lowest BCUT2D eigenvalue weighted by Crippen LogP contribution is -2.57. The highest BCUT2D eigenvalue weighted by Crippen LogP contribution is 2.22. The fourth-order valence-electron chi connectivity index (χ4n) is 1.79. The molecule has 0 spiro atoms. The van der Waals surface area contributed by atoms with Gasteiger partial charge in [0.2, 0.25) is 0 Å². The van der Waals surface area contributed by atoms with Crippen LogP contribution in [0.5, 0.6) is 0 Å². The molecule has 2 rings (SSSR count). The average Bonchev–Trinajstić information content (AvgIpc) is 2.36. The summed E-state index contributed by atoms with van der Waals surface area (Å²) < 4.78 is 0. The Morgan fingerprint density at radius 1 is 1.15 bits per heavy atom. The predicted octanol–water partition coefficient (Wildman–Crippen LogP) is 2.51. The molecule has 0 aliphatic heterocycles. The number of hydrogen-bond acceptors (Lipinski definition) is 3. The number of hydrogen-bond donors (Lipinski definition) is 2. The summed E-state index contributed by atoms with van der Waals surface area (Å²) in [4.78, 5) is 16.7. The van der Waals surface area contributed by atoms with Crippen LogP contribution >= 0.6 is 0 Å². The number of para-hydroxylation sites is 1. The van der Waals surface area contributed by atoms with Crippen molar-refractivity contribution >= 4 is 16.8 Å². The average molecular weight is 272 g/mol. The van der Waals surface area contributed by atoms with Crippen molar-refractivity contribution in [3.63, 3.8) is 0 Å². The monoisotopic (exact) mass is 272 g/mol. The van der Waals surface area contributed by atoms with Gasteiger partial charge in [0.1, 0.15) is 0 Å². The molecule has 2 N–H and O–H groups in total. The van der Waals surface area contributed by atoms with Crippen LogP contribution in [0.2, 0.25) is 0 Å². The lowest BCUT2D eigenvalue weighted by Gasteiger charge is -2.38. The summed E-state index contributed by atoms with van der Waals surface area (Å²) in [5.74, 6) is -0.235. The largest absolute Gasteiger partial charge is 0.388 e. The lowest BCUT2D eigenvalue weighted by molar-refractivity contribution is -0.00290.